The molecule has 0 saturated heterocycles. The van der Waals surface area contributed by atoms with Crippen molar-refractivity contribution < 1.29 is 13.2 Å². The highest BCUT2D eigenvalue weighted by atomic mass is 32.2. The van der Waals surface area contributed by atoms with Gasteiger partial charge < -0.3 is 5.32 Å². The van der Waals surface area contributed by atoms with E-state index in [2.05, 4.69) is 39.3 Å². The second-order valence-electron chi connectivity index (χ2n) is 8.44. The molecule has 0 unspecified atom stereocenters. The molecule has 6 nitrogen and oxygen atoms in total. The fourth-order valence-electron chi connectivity index (χ4n) is 4.43. The average Bonchev–Trinajstić information content (AvgIpc) is 3.05. The standard InChI is InChI=1S/C24H29N3O3S/c1-3-16(2)22(26-23-20-13-6-7-14-21(20)31(29,30)27-23)24(28)25-15-18-11-8-10-17-9-4-5-12-19(17)18/h4-7,9,12-14,16,18,22H,3,8,10-11,15H2,1-2H3,(H,25,28)(H,26,27)/t16-,18-,22-/m0/s1. The van der Waals surface area contributed by atoms with Crippen molar-refractivity contribution in [2.24, 2.45) is 10.9 Å². The molecule has 2 aliphatic rings. The number of nitrogens with one attached hydrogen (secondary N) is 2. The Morgan fingerprint density at radius 3 is 2.74 bits per heavy atom. The minimum absolute atomic E-state index is 0.0246. The molecule has 2 aromatic rings. The van der Waals surface area contributed by atoms with E-state index >= 15 is 0 Å². The Morgan fingerprint density at radius 1 is 1.19 bits per heavy atom. The van der Waals surface area contributed by atoms with E-state index in [9.17, 15) is 13.2 Å². The number of fused-ring (bicyclic) bond motifs is 2. The molecule has 1 aliphatic carbocycles. The lowest BCUT2D eigenvalue weighted by Crippen LogP contribution is -2.41. The number of hydrogen-bond acceptors (Lipinski definition) is 4. The summed E-state index contributed by atoms with van der Waals surface area (Å²) in [5.74, 6) is 0.362. The van der Waals surface area contributed by atoms with Crippen LogP contribution in [0.1, 0.15) is 55.7 Å². The number of amidine groups is 1. The van der Waals surface area contributed by atoms with Gasteiger partial charge in [-0.05, 0) is 48.4 Å². The van der Waals surface area contributed by atoms with Crippen LogP contribution in [0.15, 0.2) is 58.4 Å². The van der Waals surface area contributed by atoms with Crippen LogP contribution in [-0.2, 0) is 21.2 Å². The maximum absolute atomic E-state index is 13.2. The van der Waals surface area contributed by atoms with Crippen LogP contribution < -0.4 is 10.0 Å². The topological polar surface area (TPSA) is 87.6 Å². The molecule has 1 amide bonds. The molecule has 2 aromatic carbocycles. The number of rotatable bonds is 6. The zero-order valence-electron chi connectivity index (χ0n) is 18.0. The first-order valence-electron chi connectivity index (χ1n) is 11.0. The van der Waals surface area contributed by atoms with Crippen molar-refractivity contribution in [2.45, 2.75) is 56.4 Å². The van der Waals surface area contributed by atoms with Crippen LogP contribution in [0, 0.1) is 5.92 Å². The Hall–Kier alpha value is -2.67. The first-order valence-corrected chi connectivity index (χ1v) is 12.4. The summed E-state index contributed by atoms with van der Waals surface area (Å²) in [7, 11) is -3.63. The van der Waals surface area contributed by atoms with E-state index in [1.54, 1.807) is 24.3 Å². The van der Waals surface area contributed by atoms with Crippen LogP contribution in [0.3, 0.4) is 0 Å². The molecule has 1 aliphatic heterocycles. The Morgan fingerprint density at radius 2 is 1.94 bits per heavy atom. The lowest BCUT2D eigenvalue weighted by molar-refractivity contribution is -0.123. The number of carbonyl (C=O) groups is 1. The summed E-state index contributed by atoms with van der Waals surface area (Å²) in [6.07, 6.45) is 4.01. The van der Waals surface area contributed by atoms with Gasteiger partial charge in [0.2, 0.25) is 5.91 Å². The Bertz CT molecular complexity index is 1110. The number of nitrogens with zero attached hydrogens (tertiary/aromatic N) is 1. The highest BCUT2D eigenvalue weighted by Gasteiger charge is 2.33. The smallest absolute Gasteiger partial charge is 0.263 e. The molecule has 7 heteroatoms. The molecule has 1 heterocycles. The Kier molecular flexibility index (Phi) is 6.14. The van der Waals surface area contributed by atoms with Crippen LogP contribution in [0.4, 0.5) is 0 Å². The summed E-state index contributed by atoms with van der Waals surface area (Å²) in [5.41, 5.74) is 3.20. The summed E-state index contributed by atoms with van der Waals surface area (Å²) in [4.78, 5) is 18.0. The van der Waals surface area contributed by atoms with E-state index in [0.717, 1.165) is 25.7 Å². The molecule has 0 radical (unpaired) electrons. The summed E-state index contributed by atoms with van der Waals surface area (Å²) >= 11 is 0. The largest absolute Gasteiger partial charge is 0.354 e. The van der Waals surface area contributed by atoms with Gasteiger partial charge in [-0.25, -0.2) is 8.42 Å². The average molecular weight is 440 g/mol. The normalized spacial score (nSPS) is 22.1. The van der Waals surface area contributed by atoms with E-state index in [4.69, 9.17) is 0 Å². The van der Waals surface area contributed by atoms with Gasteiger partial charge in [0.1, 0.15) is 11.9 Å². The van der Waals surface area contributed by atoms with Gasteiger partial charge in [0.15, 0.2) is 0 Å². The third kappa shape index (κ3) is 4.37. The van der Waals surface area contributed by atoms with E-state index in [1.807, 2.05) is 13.8 Å². The van der Waals surface area contributed by atoms with E-state index in [-0.39, 0.29) is 22.6 Å². The van der Waals surface area contributed by atoms with Crippen molar-refractivity contribution in [1.29, 1.82) is 0 Å². The fraction of sp³-hybridized carbons (Fsp3) is 0.417. The number of carbonyl (C=O) groups excluding carboxylic acids is 1. The van der Waals surface area contributed by atoms with Crippen LogP contribution in [0.2, 0.25) is 0 Å². The SMILES string of the molecule is CC[C@H](C)[C@H](N=C1NS(=O)(=O)c2ccccc21)C(=O)NC[C@@H]1CCCc2ccccc21. The first-order chi connectivity index (χ1) is 14.9. The Balaban J connectivity index is 1.54. The van der Waals surface area contributed by atoms with Crippen LogP contribution in [0.5, 0.6) is 0 Å². The number of benzene rings is 2. The molecule has 2 N–H and O–H groups in total. The molecule has 0 saturated carbocycles. The molecule has 0 fully saturated rings. The van der Waals surface area contributed by atoms with Crippen LogP contribution in [0.25, 0.3) is 0 Å². The van der Waals surface area contributed by atoms with Gasteiger partial charge in [0.05, 0.1) is 4.90 Å². The third-order valence-electron chi connectivity index (χ3n) is 6.40. The zero-order chi connectivity index (χ0) is 22.0. The maximum Gasteiger partial charge on any atom is 0.263 e. The van der Waals surface area contributed by atoms with Crippen molar-refractivity contribution >= 4 is 21.8 Å². The second kappa shape index (κ2) is 8.83. The molecule has 0 bridgehead atoms. The lowest BCUT2D eigenvalue weighted by Gasteiger charge is -2.27. The number of aryl methyl sites for hydroxylation is 1. The number of aliphatic imine (C=N–C) groups is 1. The minimum atomic E-state index is -3.63. The quantitative estimate of drug-likeness (QED) is 0.723. The third-order valence-corrected chi connectivity index (χ3v) is 7.80. The van der Waals surface area contributed by atoms with E-state index in [1.165, 1.54) is 11.1 Å². The summed E-state index contributed by atoms with van der Waals surface area (Å²) in [5, 5.41) is 3.10. The number of amides is 1. The predicted octanol–water partition coefficient (Wildman–Crippen LogP) is 3.38. The van der Waals surface area contributed by atoms with Crippen molar-refractivity contribution in [3.05, 3.63) is 65.2 Å². The van der Waals surface area contributed by atoms with Crippen LogP contribution in [-0.4, -0.2) is 32.7 Å². The van der Waals surface area contributed by atoms with Gasteiger partial charge in [-0.1, -0.05) is 56.7 Å². The number of sulfonamides is 1. The van der Waals surface area contributed by atoms with Gasteiger partial charge in [-0.3, -0.25) is 14.5 Å². The first kappa shape index (κ1) is 21.6. The van der Waals surface area contributed by atoms with Gasteiger partial charge in [-0.15, -0.1) is 0 Å². The zero-order valence-corrected chi connectivity index (χ0v) is 18.8. The Labute approximate surface area is 184 Å². The van der Waals surface area contributed by atoms with Gasteiger partial charge in [-0.2, -0.15) is 0 Å². The molecule has 3 atom stereocenters. The van der Waals surface area contributed by atoms with E-state index < -0.39 is 16.1 Å². The molecular formula is C24H29N3O3S. The van der Waals surface area contributed by atoms with Gasteiger partial charge in [0.25, 0.3) is 10.0 Å². The number of hydrogen-bond donors (Lipinski definition) is 2. The lowest BCUT2D eigenvalue weighted by atomic mass is 9.83. The molecule has 0 aromatic heterocycles. The predicted molar refractivity (Wildman–Crippen MR) is 122 cm³/mol. The van der Waals surface area contributed by atoms with Crippen LogP contribution >= 0.6 is 0 Å². The van der Waals surface area contributed by atoms with E-state index in [0.29, 0.717) is 18.0 Å². The maximum atomic E-state index is 13.2. The minimum Gasteiger partial charge on any atom is -0.354 e. The van der Waals surface area contributed by atoms with Gasteiger partial charge >= 0.3 is 0 Å². The fourth-order valence-corrected chi connectivity index (χ4v) is 5.67. The summed E-state index contributed by atoms with van der Waals surface area (Å²) < 4.78 is 27.3. The van der Waals surface area contributed by atoms with Crippen molar-refractivity contribution in [3.8, 4) is 0 Å². The summed E-state index contributed by atoms with van der Waals surface area (Å²) in [6, 6.07) is 14.5. The molecule has 0 spiro atoms. The summed E-state index contributed by atoms with van der Waals surface area (Å²) in [6.45, 7) is 4.55. The monoisotopic (exact) mass is 439 g/mol. The molecule has 4 rings (SSSR count). The second-order valence-corrected chi connectivity index (χ2v) is 10.1. The molecule has 164 valence electrons. The molecule has 31 heavy (non-hydrogen) atoms. The van der Waals surface area contributed by atoms with Crippen molar-refractivity contribution in [1.82, 2.24) is 10.0 Å². The van der Waals surface area contributed by atoms with Crippen molar-refractivity contribution in [3.63, 3.8) is 0 Å². The highest BCUT2D eigenvalue weighted by Crippen LogP contribution is 2.31. The van der Waals surface area contributed by atoms with Gasteiger partial charge in [0, 0.05) is 18.0 Å². The van der Waals surface area contributed by atoms with Crippen molar-refractivity contribution in [2.75, 3.05) is 6.54 Å². The molecular weight excluding hydrogens is 410 g/mol. The highest BCUT2D eigenvalue weighted by molar-refractivity contribution is 7.90.